The van der Waals surface area contributed by atoms with Gasteiger partial charge in [-0.25, -0.2) is 4.98 Å². The number of carbonyl (C=O) groups is 1. The molecule has 0 bridgehead atoms. The van der Waals surface area contributed by atoms with Crippen molar-refractivity contribution in [3.63, 3.8) is 0 Å². The molecule has 0 aliphatic carbocycles. The van der Waals surface area contributed by atoms with E-state index in [0.29, 0.717) is 23.1 Å². The van der Waals surface area contributed by atoms with Crippen molar-refractivity contribution in [1.29, 1.82) is 0 Å². The lowest BCUT2D eigenvalue weighted by Crippen LogP contribution is -2.25. The number of hydrogen-bond donors (Lipinski definition) is 1. The van der Waals surface area contributed by atoms with E-state index in [1.807, 2.05) is 24.3 Å². The van der Waals surface area contributed by atoms with Crippen molar-refractivity contribution in [2.45, 2.75) is 19.6 Å². The summed E-state index contributed by atoms with van der Waals surface area (Å²) in [6.45, 7) is 2.30. The van der Waals surface area contributed by atoms with Gasteiger partial charge in [0.15, 0.2) is 5.13 Å². The molecule has 27 heavy (non-hydrogen) atoms. The lowest BCUT2D eigenvalue weighted by molar-refractivity contribution is 0.102. The predicted octanol–water partition coefficient (Wildman–Crippen LogP) is 3.36. The summed E-state index contributed by atoms with van der Waals surface area (Å²) in [4.78, 5) is 24.7. The fourth-order valence-electron chi connectivity index (χ4n) is 2.92. The average Bonchev–Trinajstić information content (AvgIpc) is 3.08. The smallest absolute Gasteiger partial charge is 0.257 e. The molecule has 0 atom stereocenters. The van der Waals surface area contributed by atoms with Crippen LogP contribution >= 0.6 is 11.3 Å². The molecular formula is C20H20N4O2S. The molecule has 138 valence electrons. The van der Waals surface area contributed by atoms with Gasteiger partial charge in [-0.2, -0.15) is 0 Å². The zero-order valence-corrected chi connectivity index (χ0v) is 15.8. The number of amides is 1. The van der Waals surface area contributed by atoms with E-state index in [-0.39, 0.29) is 5.91 Å². The van der Waals surface area contributed by atoms with E-state index in [0.717, 1.165) is 30.8 Å². The van der Waals surface area contributed by atoms with Gasteiger partial charge in [0.2, 0.25) is 0 Å². The maximum Gasteiger partial charge on any atom is 0.257 e. The number of fused-ring (bicyclic) bond motifs is 1. The van der Waals surface area contributed by atoms with Crippen molar-refractivity contribution >= 4 is 22.4 Å². The fourth-order valence-corrected chi connectivity index (χ4v) is 4.01. The largest absolute Gasteiger partial charge is 0.489 e. The number of nitrogens with one attached hydrogen (secondary N) is 1. The number of carbonyl (C=O) groups excluding carboxylic acids is 1. The summed E-state index contributed by atoms with van der Waals surface area (Å²) in [7, 11) is 2.10. The number of pyridine rings is 1. The van der Waals surface area contributed by atoms with Gasteiger partial charge in [-0.05, 0) is 31.3 Å². The van der Waals surface area contributed by atoms with Gasteiger partial charge < -0.3 is 9.64 Å². The normalized spacial score (nSPS) is 13.8. The molecule has 0 radical (unpaired) electrons. The molecule has 7 heteroatoms. The van der Waals surface area contributed by atoms with Crippen molar-refractivity contribution < 1.29 is 9.53 Å². The Morgan fingerprint density at radius 1 is 1.33 bits per heavy atom. The number of ether oxygens (including phenoxy) is 1. The minimum absolute atomic E-state index is 0.179. The van der Waals surface area contributed by atoms with Crippen molar-refractivity contribution in [2.24, 2.45) is 0 Å². The Balaban J connectivity index is 1.42. The quantitative estimate of drug-likeness (QED) is 0.735. The molecule has 3 heterocycles. The Morgan fingerprint density at radius 3 is 3.11 bits per heavy atom. The Labute approximate surface area is 161 Å². The highest BCUT2D eigenvalue weighted by Gasteiger charge is 2.19. The van der Waals surface area contributed by atoms with Gasteiger partial charge in [-0.3, -0.25) is 15.1 Å². The number of anilines is 1. The van der Waals surface area contributed by atoms with Gasteiger partial charge in [-0.1, -0.05) is 12.1 Å². The number of likely N-dealkylation sites (N-methyl/N-ethyl adjacent to an activating group) is 1. The van der Waals surface area contributed by atoms with Crippen LogP contribution in [-0.4, -0.2) is 34.4 Å². The molecule has 1 aromatic carbocycles. The van der Waals surface area contributed by atoms with Crippen molar-refractivity contribution in [2.75, 3.05) is 18.9 Å². The number of rotatable bonds is 5. The van der Waals surface area contributed by atoms with Gasteiger partial charge in [0, 0.05) is 47.9 Å². The van der Waals surface area contributed by atoms with E-state index in [1.54, 1.807) is 35.9 Å². The van der Waals surface area contributed by atoms with E-state index >= 15 is 0 Å². The summed E-state index contributed by atoms with van der Waals surface area (Å²) in [6, 6.07) is 11.0. The molecule has 4 rings (SSSR count). The molecular weight excluding hydrogens is 360 g/mol. The molecule has 2 aromatic heterocycles. The third-order valence-corrected chi connectivity index (χ3v) is 5.36. The van der Waals surface area contributed by atoms with Crippen LogP contribution in [0.3, 0.4) is 0 Å². The first-order valence-electron chi connectivity index (χ1n) is 8.77. The Hall–Kier alpha value is -2.77. The molecule has 0 saturated heterocycles. The van der Waals surface area contributed by atoms with Crippen LogP contribution in [0.25, 0.3) is 0 Å². The van der Waals surface area contributed by atoms with Gasteiger partial charge in [0.05, 0.1) is 5.69 Å². The maximum atomic E-state index is 12.6. The van der Waals surface area contributed by atoms with Gasteiger partial charge in [-0.15, -0.1) is 11.3 Å². The number of aromatic nitrogens is 2. The summed E-state index contributed by atoms with van der Waals surface area (Å²) in [5.74, 6) is 0.466. The van der Waals surface area contributed by atoms with Crippen LogP contribution < -0.4 is 10.1 Å². The van der Waals surface area contributed by atoms with E-state index in [1.165, 1.54) is 4.88 Å². The molecule has 0 saturated carbocycles. The van der Waals surface area contributed by atoms with Crippen LogP contribution in [0.5, 0.6) is 5.75 Å². The molecule has 3 aromatic rings. The van der Waals surface area contributed by atoms with Crippen molar-refractivity contribution in [3.8, 4) is 5.75 Å². The molecule has 1 N–H and O–H groups in total. The molecule has 6 nitrogen and oxygen atoms in total. The first kappa shape index (κ1) is 17.6. The zero-order chi connectivity index (χ0) is 18.6. The maximum absolute atomic E-state index is 12.6. The monoisotopic (exact) mass is 380 g/mol. The highest BCUT2D eigenvalue weighted by molar-refractivity contribution is 7.15. The van der Waals surface area contributed by atoms with Gasteiger partial charge in [0.25, 0.3) is 5.91 Å². The Kier molecular flexibility index (Phi) is 5.13. The van der Waals surface area contributed by atoms with Gasteiger partial charge in [0.1, 0.15) is 12.4 Å². The van der Waals surface area contributed by atoms with Gasteiger partial charge >= 0.3 is 0 Å². The van der Waals surface area contributed by atoms with E-state index in [4.69, 9.17) is 4.74 Å². The highest BCUT2D eigenvalue weighted by atomic mass is 32.1. The average molecular weight is 380 g/mol. The Morgan fingerprint density at radius 2 is 2.26 bits per heavy atom. The molecule has 0 unspecified atom stereocenters. The number of thiazole rings is 1. The van der Waals surface area contributed by atoms with Crippen molar-refractivity contribution in [3.05, 3.63) is 70.5 Å². The van der Waals surface area contributed by atoms with Crippen LogP contribution in [0.15, 0.2) is 48.8 Å². The van der Waals surface area contributed by atoms with Crippen molar-refractivity contribution in [1.82, 2.24) is 14.9 Å². The number of nitrogens with zero attached hydrogens (tertiary/aromatic N) is 3. The molecule has 0 spiro atoms. The highest BCUT2D eigenvalue weighted by Crippen LogP contribution is 2.28. The summed E-state index contributed by atoms with van der Waals surface area (Å²) >= 11 is 1.55. The minimum Gasteiger partial charge on any atom is -0.489 e. The SMILES string of the molecule is CN1CCc2nc(NC(=O)c3cccc(OCc4cccnc4)c3)sc2C1. The summed E-state index contributed by atoms with van der Waals surface area (Å²) in [5.41, 5.74) is 2.62. The number of benzene rings is 1. The van der Waals surface area contributed by atoms with Crippen LogP contribution in [-0.2, 0) is 19.6 Å². The summed E-state index contributed by atoms with van der Waals surface area (Å²) in [6.07, 6.45) is 4.41. The van der Waals surface area contributed by atoms with Crippen LogP contribution in [0.2, 0.25) is 0 Å². The van der Waals surface area contributed by atoms with E-state index in [9.17, 15) is 4.79 Å². The van der Waals surface area contributed by atoms with E-state index < -0.39 is 0 Å². The number of hydrogen-bond acceptors (Lipinski definition) is 6. The second kappa shape index (κ2) is 7.85. The second-order valence-corrected chi connectivity index (χ2v) is 7.59. The topological polar surface area (TPSA) is 67.4 Å². The predicted molar refractivity (Wildman–Crippen MR) is 105 cm³/mol. The van der Waals surface area contributed by atoms with Crippen LogP contribution in [0, 0.1) is 0 Å². The second-order valence-electron chi connectivity index (χ2n) is 6.51. The first-order valence-corrected chi connectivity index (χ1v) is 9.59. The molecule has 1 aliphatic heterocycles. The fraction of sp³-hybridized carbons (Fsp3) is 0.250. The lowest BCUT2D eigenvalue weighted by atomic mass is 10.2. The lowest BCUT2D eigenvalue weighted by Gasteiger charge is -2.20. The Bertz CT molecular complexity index is 942. The zero-order valence-electron chi connectivity index (χ0n) is 15.0. The molecule has 1 amide bonds. The van der Waals surface area contributed by atoms with E-state index in [2.05, 4.69) is 27.2 Å². The van der Waals surface area contributed by atoms with Crippen LogP contribution in [0.1, 0.15) is 26.5 Å². The molecule has 1 aliphatic rings. The standard InChI is InChI=1S/C20H20N4O2S/c1-24-9-7-17-18(12-24)27-20(22-17)23-19(25)15-5-2-6-16(10-15)26-13-14-4-3-8-21-11-14/h2-6,8,10-11H,7,9,12-13H2,1H3,(H,22,23,25). The molecule has 0 fully saturated rings. The van der Waals surface area contributed by atoms with Crippen LogP contribution in [0.4, 0.5) is 5.13 Å². The first-order chi connectivity index (χ1) is 13.2. The summed E-state index contributed by atoms with van der Waals surface area (Å²) in [5, 5.41) is 3.57. The minimum atomic E-state index is -0.179. The summed E-state index contributed by atoms with van der Waals surface area (Å²) < 4.78 is 5.77. The third-order valence-electron chi connectivity index (χ3n) is 4.37. The third kappa shape index (κ3) is 4.32.